The van der Waals surface area contributed by atoms with Crippen LogP contribution in [-0.2, 0) is 16.6 Å². The van der Waals surface area contributed by atoms with Gasteiger partial charge in [0.1, 0.15) is 11.6 Å². The summed E-state index contributed by atoms with van der Waals surface area (Å²) in [6.45, 7) is 14.6. The molecule has 0 aliphatic carbocycles. The van der Waals surface area contributed by atoms with E-state index >= 15 is 0 Å². The third kappa shape index (κ3) is 5.86. The topological polar surface area (TPSA) is 81.7 Å². The van der Waals surface area contributed by atoms with E-state index < -0.39 is 10.0 Å². The SMILES string of the molecule is Cc1c(C)c(C)c(S(=O)(=O)N2CCN(Cc3nc(NCCCN(C)C)c4ccccc4n3)CC2)c(C)c1C. The van der Waals surface area contributed by atoms with Crippen LogP contribution >= 0.6 is 0 Å². The maximum Gasteiger partial charge on any atom is 0.243 e. The standard InChI is InChI=1S/C29H42N6O2S/c1-20-21(2)23(4)28(24(5)22(20)3)38(36,37)35-17-15-34(16-18-35)19-27-31-26-12-9-8-11-25(26)29(32-27)30-13-10-14-33(6)7/h8-9,11-12H,10,13-19H2,1-7H3,(H,30,31,32). The Kier molecular flexibility index (Phi) is 8.72. The molecule has 1 aromatic heterocycles. The second-order valence-corrected chi connectivity index (χ2v) is 12.6. The Balaban J connectivity index is 1.47. The van der Waals surface area contributed by atoms with Crippen molar-refractivity contribution in [1.29, 1.82) is 0 Å². The molecule has 2 aromatic carbocycles. The molecule has 1 aliphatic rings. The predicted molar refractivity (Wildman–Crippen MR) is 155 cm³/mol. The third-order valence-corrected chi connectivity index (χ3v) is 10.1. The fourth-order valence-corrected chi connectivity index (χ4v) is 7.22. The highest BCUT2D eigenvalue weighted by Gasteiger charge is 2.32. The molecule has 0 spiro atoms. The molecule has 1 N–H and O–H groups in total. The van der Waals surface area contributed by atoms with Crippen LogP contribution in [0.5, 0.6) is 0 Å². The number of para-hydroxylation sites is 1. The van der Waals surface area contributed by atoms with Gasteiger partial charge in [-0.15, -0.1) is 0 Å². The van der Waals surface area contributed by atoms with Gasteiger partial charge in [0.15, 0.2) is 0 Å². The molecule has 1 fully saturated rings. The predicted octanol–water partition coefficient (Wildman–Crippen LogP) is 4.04. The van der Waals surface area contributed by atoms with Gasteiger partial charge in [0, 0.05) is 38.1 Å². The van der Waals surface area contributed by atoms with E-state index in [4.69, 9.17) is 9.97 Å². The third-order valence-electron chi connectivity index (χ3n) is 7.95. The lowest BCUT2D eigenvalue weighted by Gasteiger charge is -2.34. The van der Waals surface area contributed by atoms with Crippen molar-refractivity contribution >= 4 is 26.7 Å². The minimum atomic E-state index is -3.57. The van der Waals surface area contributed by atoms with E-state index in [-0.39, 0.29) is 0 Å². The van der Waals surface area contributed by atoms with Crippen LogP contribution in [0, 0.1) is 34.6 Å². The summed E-state index contributed by atoms with van der Waals surface area (Å²) < 4.78 is 29.1. The maximum absolute atomic E-state index is 13.7. The first-order valence-corrected chi connectivity index (χ1v) is 14.9. The van der Waals surface area contributed by atoms with Crippen molar-refractivity contribution < 1.29 is 8.42 Å². The Morgan fingerprint density at radius 1 is 0.868 bits per heavy atom. The molecular weight excluding hydrogens is 496 g/mol. The van der Waals surface area contributed by atoms with Gasteiger partial charge in [0.25, 0.3) is 0 Å². The maximum atomic E-state index is 13.7. The number of aromatic nitrogens is 2. The summed E-state index contributed by atoms with van der Waals surface area (Å²) in [4.78, 5) is 14.6. The number of rotatable bonds is 9. The van der Waals surface area contributed by atoms with Gasteiger partial charge in [-0.25, -0.2) is 18.4 Å². The second-order valence-electron chi connectivity index (χ2n) is 10.7. The number of fused-ring (bicyclic) bond motifs is 1. The fourth-order valence-electron chi connectivity index (χ4n) is 5.24. The summed E-state index contributed by atoms with van der Waals surface area (Å²) in [7, 11) is 0.581. The first-order valence-electron chi connectivity index (χ1n) is 13.4. The van der Waals surface area contributed by atoms with E-state index in [2.05, 4.69) is 42.2 Å². The summed E-state index contributed by atoms with van der Waals surface area (Å²) >= 11 is 0. The molecule has 0 bridgehead atoms. The first-order chi connectivity index (χ1) is 18.0. The zero-order valence-corrected chi connectivity index (χ0v) is 24.7. The number of sulfonamides is 1. The van der Waals surface area contributed by atoms with E-state index in [1.54, 1.807) is 4.31 Å². The summed E-state index contributed by atoms with van der Waals surface area (Å²) in [5, 5.41) is 4.53. The molecule has 1 aliphatic heterocycles. The molecule has 2 heterocycles. The lowest BCUT2D eigenvalue weighted by atomic mass is 9.95. The van der Waals surface area contributed by atoms with Crippen molar-refractivity contribution in [3.8, 4) is 0 Å². The van der Waals surface area contributed by atoms with Gasteiger partial charge in [0.05, 0.1) is 17.0 Å². The van der Waals surface area contributed by atoms with E-state index in [0.29, 0.717) is 37.6 Å². The lowest BCUT2D eigenvalue weighted by Crippen LogP contribution is -2.48. The molecule has 4 rings (SSSR count). The Bertz CT molecular complexity index is 1380. The molecule has 0 amide bonds. The summed E-state index contributed by atoms with van der Waals surface area (Å²) in [6, 6.07) is 8.08. The van der Waals surface area contributed by atoms with Crippen molar-refractivity contribution in [2.45, 2.75) is 52.5 Å². The zero-order chi connectivity index (χ0) is 27.6. The van der Waals surface area contributed by atoms with Crippen molar-refractivity contribution in [2.75, 3.05) is 58.7 Å². The van der Waals surface area contributed by atoms with Gasteiger partial charge in [-0.3, -0.25) is 4.90 Å². The lowest BCUT2D eigenvalue weighted by molar-refractivity contribution is 0.178. The van der Waals surface area contributed by atoms with Crippen LogP contribution < -0.4 is 5.32 Å². The number of nitrogens with one attached hydrogen (secondary N) is 1. The molecule has 0 saturated carbocycles. The molecule has 38 heavy (non-hydrogen) atoms. The number of benzene rings is 2. The smallest absolute Gasteiger partial charge is 0.243 e. The highest BCUT2D eigenvalue weighted by atomic mass is 32.2. The van der Waals surface area contributed by atoms with Crippen LogP contribution in [0.25, 0.3) is 10.9 Å². The van der Waals surface area contributed by atoms with Crippen LogP contribution in [-0.4, -0.2) is 85.9 Å². The van der Waals surface area contributed by atoms with Crippen LogP contribution in [0.1, 0.15) is 40.1 Å². The zero-order valence-electron chi connectivity index (χ0n) is 23.9. The highest BCUT2D eigenvalue weighted by Crippen LogP contribution is 2.32. The van der Waals surface area contributed by atoms with Gasteiger partial charge >= 0.3 is 0 Å². The molecule has 8 nitrogen and oxygen atoms in total. The van der Waals surface area contributed by atoms with Crippen LogP contribution in [0.4, 0.5) is 5.82 Å². The van der Waals surface area contributed by atoms with Gasteiger partial charge in [-0.05, 0) is 102 Å². The van der Waals surface area contributed by atoms with Gasteiger partial charge in [0.2, 0.25) is 10.0 Å². The largest absolute Gasteiger partial charge is 0.369 e. The highest BCUT2D eigenvalue weighted by molar-refractivity contribution is 7.89. The monoisotopic (exact) mass is 538 g/mol. The number of hydrogen-bond acceptors (Lipinski definition) is 7. The van der Waals surface area contributed by atoms with E-state index in [1.807, 2.05) is 45.9 Å². The Morgan fingerprint density at radius 2 is 1.47 bits per heavy atom. The summed E-state index contributed by atoms with van der Waals surface area (Å²) in [6.07, 6.45) is 1.02. The number of hydrogen-bond donors (Lipinski definition) is 1. The second kappa shape index (κ2) is 11.7. The Labute approximate surface area is 228 Å². The van der Waals surface area contributed by atoms with Gasteiger partial charge < -0.3 is 10.2 Å². The van der Waals surface area contributed by atoms with E-state index in [1.165, 1.54) is 5.56 Å². The van der Waals surface area contributed by atoms with Crippen molar-refractivity contribution in [1.82, 2.24) is 24.1 Å². The average Bonchev–Trinajstić information content (AvgIpc) is 2.89. The first kappa shape index (κ1) is 28.4. The van der Waals surface area contributed by atoms with Crippen molar-refractivity contribution in [3.63, 3.8) is 0 Å². The molecule has 1 saturated heterocycles. The average molecular weight is 539 g/mol. The molecule has 0 radical (unpaired) electrons. The minimum Gasteiger partial charge on any atom is -0.369 e. The Morgan fingerprint density at radius 3 is 2.11 bits per heavy atom. The van der Waals surface area contributed by atoms with Crippen molar-refractivity contribution in [3.05, 3.63) is 57.9 Å². The normalized spacial score (nSPS) is 15.5. The quantitative estimate of drug-likeness (QED) is 0.412. The van der Waals surface area contributed by atoms with Crippen LogP contribution in [0.2, 0.25) is 0 Å². The molecule has 206 valence electrons. The summed E-state index contributed by atoms with van der Waals surface area (Å²) in [5.74, 6) is 1.62. The van der Waals surface area contributed by atoms with Gasteiger partial charge in [-0.1, -0.05) is 12.1 Å². The fraction of sp³-hybridized carbons (Fsp3) is 0.517. The molecule has 0 atom stereocenters. The minimum absolute atomic E-state index is 0.455. The molecule has 9 heteroatoms. The molecular formula is C29H42N6O2S. The number of anilines is 1. The number of nitrogens with zero attached hydrogens (tertiary/aromatic N) is 5. The number of piperazine rings is 1. The Hall–Kier alpha value is -2.59. The van der Waals surface area contributed by atoms with E-state index in [9.17, 15) is 8.42 Å². The van der Waals surface area contributed by atoms with Crippen LogP contribution in [0.3, 0.4) is 0 Å². The summed E-state index contributed by atoms with van der Waals surface area (Å²) in [5.41, 5.74) is 5.94. The molecule has 3 aromatic rings. The van der Waals surface area contributed by atoms with Crippen LogP contribution in [0.15, 0.2) is 29.2 Å². The van der Waals surface area contributed by atoms with Crippen molar-refractivity contribution in [2.24, 2.45) is 0 Å². The van der Waals surface area contributed by atoms with Gasteiger partial charge in [-0.2, -0.15) is 4.31 Å². The molecule has 0 unspecified atom stereocenters. The van der Waals surface area contributed by atoms with E-state index in [0.717, 1.165) is 64.3 Å².